The molecule has 1 atom stereocenters. The van der Waals surface area contributed by atoms with Crippen molar-refractivity contribution in [2.75, 3.05) is 6.54 Å². The van der Waals surface area contributed by atoms with Crippen molar-refractivity contribution in [3.8, 4) is 0 Å². The second-order valence-electron chi connectivity index (χ2n) is 5.21. The van der Waals surface area contributed by atoms with Crippen LogP contribution in [0.15, 0.2) is 9.98 Å². The second kappa shape index (κ2) is 4.85. The predicted octanol–water partition coefficient (Wildman–Crippen LogP) is 1.53. The summed E-state index contributed by atoms with van der Waals surface area (Å²) in [7, 11) is 0. The van der Waals surface area contributed by atoms with Gasteiger partial charge in [-0.1, -0.05) is 6.92 Å². The average molecular weight is 239 g/mol. The number of carbonyl (C=O) groups is 1. The van der Waals surface area contributed by atoms with E-state index in [1.165, 1.54) is 6.34 Å². The number of aliphatic imine (C=N–C) groups is 2. The van der Waals surface area contributed by atoms with Gasteiger partial charge in [-0.2, -0.15) is 0 Å². The molecule has 1 rings (SSSR count). The summed E-state index contributed by atoms with van der Waals surface area (Å²) in [6, 6.07) is 0. The summed E-state index contributed by atoms with van der Waals surface area (Å²) in [6.07, 6.45) is 2.42. The Hall–Kier alpha value is -1.39. The first kappa shape index (κ1) is 13.7. The molecule has 1 aliphatic rings. The molecule has 0 bridgehead atoms. The lowest BCUT2D eigenvalue weighted by Gasteiger charge is -2.26. The van der Waals surface area contributed by atoms with Gasteiger partial charge in [-0.05, 0) is 34.1 Å². The minimum atomic E-state index is -1.03. The molecule has 0 aromatic carbocycles. The van der Waals surface area contributed by atoms with E-state index in [0.717, 1.165) is 6.42 Å². The Bertz CT molecular complexity index is 355. The number of nitrogens with one attached hydrogen (secondary N) is 1. The monoisotopic (exact) mass is 239 g/mol. The number of nitrogens with zero attached hydrogens (tertiary/aromatic N) is 2. The zero-order valence-electron chi connectivity index (χ0n) is 11.2. The zero-order chi connectivity index (χ0) is 13.1. The molecule has 5 heteroatoms. The van der Waals surface area contributed by atoms with Gasteiger partial charge in [0.2, 0.25) is 5.54 Å². The van der Waals surface area contributed by atoms with Crippen molar-refractivity contribution in [1.29, 1.82) is 0 Å². The Morgan fingerprint density at radius 2 is 2.24 bits per heavy atom. The lowest BCUT2D eigenvalue weighted by molar-refractivity contribution is -0.158. The maximum atomic E-state index is 12.1. The number of ether oxygens (including phenoxy) is 1. The summed E-state index contributed by atoms with van der Waals surface area (Å²) in [6.45, 7) is 9.93. The van der Waals surface area contributed by atoms with Crippen molar-refractivity contribution < 1.29 is 9.53 Å². The minimum Gasteiger partial charge on any atom is -0.458 e. The maximum absolute atomic E-state index is 12.1. The number of carbonyl (C=O) groups excluding carboxylic acids is 1. The van der Waals surface area contributed by atoms with Crippen LogP contribution < -0.4 is 5.32 Å². The third-order valence-corrected chi connectivity index (χ3v) is 2.28. The molecular formula is C12H21N3O2. The van der Waals surface area contributed by atoms with Crippen LogP contribution in [0, 0.1) is 0 Å². The highest BCUT2D eigenvalue weighted by molar-refractivity contribution is 6.16. The second-order valence-corrected chi connectivity index (χ2v) is 5.21. The molecule has 1 unspecified atom stereocenters. The van der Waals surface area contributed by atoms with Gasteiger partial charge in [-0.15, -0.1) is 0 Å². The van der Waals surface area contributed by atoms with Crippen LogP contribution >= 0.6 is 0 Å². The molecule has 0 aromatic rings. The first-order valence-corrected chi connectivity index (χ1v) is 5.88. The number of amidine groups is 1. The third-order valence-electron chi connectivity index (χ3n) is 2.28. The van der Waals surface area contributed by atoms with E-state index >= 15 is 0 Å². The van der Waals surface area contributed by atoms with Gasteiger partial charge in [0, 0.05) is 6.54 Å². The van der Waals surface area contributed by atoms with Gasteiger partial charge >= 0.3 is 5.97 Å². The van der Waals surface area contributed by atoms with E-state index < -0.39 is 11.1 Å². The van der Waals surface area contributed by atoms with Crippen LogP contribution in [0.3, 0.4) is 0 Å². The molecule has 0 fully saturated rings. The summed E-state index contributed by atoms with van der Waals surface area (Å²) in [5.41, 5.74) is -1.55. The molecule has 17 heavy (non-hydrogen) atoms. The van der Waals surface area contributed by atoms with Crippen LogP contribution in [0.4, 0.5) is 0 Å². The van der Waals surface area contributed by atoms with Crippen LogP contribution in [0.5, 0.6) is 0 Å². The van der Waals surface area contributed by atoms with Crippen molar-refractivity contribution in [3.05, 3.63) is 0 Å². The fourth-order valence-corrected chi connectivity index (χ4v) is 1.37. The van der Waals surface area contributed by atoms with E-state index in [2.05, 4.69) is 15.3 Å². The van der Waals surface area contributed by atoms with Gasteiger partial charge in [0.15, 0.2) is 0 Å². The summed E-state index contributed by atoms with van der Waals surface area (Å²) in [5.74, 6) is 0.190. The Morgan fingerprint density at radius 3 is 2.76 bits per heavy atom. The van der Waals surface area contributed by atoms with Crippen molar-refractivity contribution in [2.45, 2.75) is 52.2 Å². The van der Waals surface area contributed by atoms with Gasteiger partial charge in [-0.3, -0.25) is 4.99 Å². The van der Waals surface area contributed by atoms with Gasteiger partial charge in [0.1, 0.15) is 11.4 Å². The summed E-state index contributed by atoms with van der Waals surface area (Å²) in [5, 5.41) is 2.91. The van der Waals surface area contributed by atoms with E-state index in [1.54, 1.807) is 6.92 Å². The van der Waals surface area contributed by atoms with Crippen LogP contribution in [-0.2, 0) is 9.53 Å². The van der Waals surface area contributed by atoms with Gasteiger partial charge in [0.05, 0.1) is 6.34 Å². The summed E-state index contributed by atoms with van der Waals surface area (Å²) in [4.78, 5) is 20.6. The standard InChI is InChI=1S/C12H21N3O2/c1-6-7-13-9-12(5,15-8-14-9)10(16)17-11(2,3)4/h8H,6-7H2,1-5H3,(H,13,14,15). The largest absolute Gasteiger partial charge is 0.458 e. The molecule has 0 aromatic heterocycles. The Balaban J connectivity index is 2.85. The van der Waals surface area contributed by atoms with Crippen LogP contribution in [0.25, 0.3) is 0 Å². The highest BCUT2D eigenvalue weighted by atomic mass is 16.6. The highest BCUT2D eigenvalue weighted by Crippen LogP contribution is 2.21. The number of esters is 1. The van der Waals surface area contributed by atoms with Crippen LogP contribution in [0.2, 0.25) is 0 Å². The zero-order valence-corrected chi connectivity index (χ0v) is 11.2. The molecule has 1 N–H and O–H groups in total. The van der Waals surface area contributed by atoms with E-state index in [4.69, 9.17) is 4.74 Å². The third kappa shape index (κ3) is 3.28. The molecule has 0 saturated carbocycles. The first-order chi connectivity index (χ1) is 7.79. The maximum Gasteiger partial charge on any atom is 0.342 e. The average Bonchev–Trinajstić information content (AvgIpc) is 2.56. The Labute approximate surface area is 102 Å². The molecule has 0 spiro atoms. The van der Waals surface area contributed by atoms with Crippen molar-refractivity contribution in [2.24, 2.45) is 9.98 Å². The topological polar surface area (TPSA) is 63.0 Å². The SMILES string of the molecule is CCCN=C1NC=NC1(C)C(=O)OC(C)(C)C. The first-order valence-electron chi connectivity index (χ1n) is 5.88. The highest BCUT2D eigenvalue weighted by Gasteiger charge is 2.44. The quantitative estimate of drug-likeness (QED) is 0.760. The molecule has 1 heterocycles. The van der Waals surface area contributed by atoms with E-state index in [1.807, 2.05) is 27.7 Å². The fourth-order valence-electron chi connectivity index (χ4n) is 1.37. The minimum absolute atomic E-state index is 0.374. The van der Waals surface area contributed by atoms with E-state index in [9.17, 15) is 4.79 Å². The van der Waals surface area contributed by atoms with Crippen molar-refractivity contribution >= 4 is 18.1 Å². The lowest BCUT2D eigenvalue weighted by atomic mass is 10.0. The lowest BCUT2D eigenvalue weighted by Crippen LogP contribution is -2.47. The van der Waals surface area contributed by atoms with Gasteiger partial charge in [0.25, 0.3) is 0 Å². The molecule has 96 valence electrons. The van der Waals surface area contributed by atoms with Gasteiger partial charge < -0.3 is 10.1 Å². The predicted molar refractivity (Wildman–Crippen MR) is 68.5 cm³/mol. The number of hydrogen-bond donors (Lipinski definition) is 1. The normalized spacial score (nSPS) is 26.1. The van der Waals surface area contributed by atoms with Crippen LogP contribution in [0.1, 0.15) is 41.0 Å². The molecule has 0 saturated heterocycles. The molecule has 0 amide bonds. The van der Waals surface area contributed by atoms with E-state index in [0.29, 0.717) is 12.4 Å². The molecule has 0 radical (unpaired) electrons. The summed E-state index contributed by atoms with van der Waals surface area (Å²) < 4.78 is 5.36. The Kier molecular flexibility index (Phi) is 3.91. The van der Waals surface area contributed by atoms with E-state index in [-0.39, 0.29) is 5.97 Å². The van der Waals surface area contributed by atoms with Gasteiger partial charge in [-0.25, -0.2) is 9.79 Å². The van der Waals surface area contributed by atoms with Crippen molar-refractivity contribution in [1.82, 2.24) is 5.32 Å². The van der Waals surface area contributed by atoms with Crippen molar-refractivity contribution in [3.63, 3.8) is 0 Å². The summed E-state index contributed by atoms with van der Waals surface area (Å²) >= 11 is 0. The fraction of sp³-hybridized carbons (Fsp3) is 0.750. The molecule has 0 aliphatic carbocycles. The smallest absolute Gasteiger partial charge is 0.342 e. The van der Waals surface area contributed by atoms with Crippen LogP contribution in [-0.4, -0.2) is 35.8 Å². The number of rotatable bonds is 3. The molecular weight excluding hydrogens is 218 g/mol. The molecule has 5 nitrogen and oxygen atoms in total. The number of hydrogen-bond acceptors (Lipinski definition) is 4. The Morgan fingerprint density at radius 1 is 1.59 bits per heavy atom. The molecule has 1 aliphatic heterocycles.